The van der Waals surface area contributed by atoms with Gasteiger partial charge in [0.2, 0.25) is 0 Å². The van der Waals surface area contributed by atoms with E-state index in [2.05, 4.69) is 18.8 Å². The summed E-state index contributed by atoms with van der Waals surface area (Å²) in [7, 11) is 0. The predicted octanol–water partition coefficient (Wildman–Crippen LogP) is 5.45. The maximum Gasteiger partial charge on any atom is 0.0735 e. The first-order chi connectivity index (χ1) is 8.11. The summed E-state index contributed by atoms with van der Waals surface area (Å²) in [4.78, 5) is 4.65. The normalized spacial score (nSPS) is 12.9. The fraction of sp³-hybridized carbons (Fsp3) is 0.357. The van der Waals surface area contributed by atoms with Crippen LogP contribution < -0.4 is 0 Å². The maximum absolute atomic E-state index is 6.28. The molecule has 0 aliphatic carbocycles. The Morgan fingerprint density at radius 2 is 2.00 bits per heavy atom. The first-order valence-corrected chi connectivity index (χ1v) is 6.63. The lowest BCUT2D eigenvalue weighted by atomic mass is 10.0. The average molecular weight is 268 g/mol. The molecule has 1 atom stereocenters. The van der Waals surface area contributed by atoms with Crippen LogP contribution in [0, 0.1) is 0 Å². The second kappa shape index (κ2) is 5.24. The molecule has 0 N–H and O–H groups in total. The number of hydrogen-bond acceptors (Lipinski definition) is 1. The first kappa shape index (κ1) is 12.7. The van der Waals surface area contributed by atoms with Crippen molar-refractivity contribution < 1.29 is 0 Å². The standard InChI is InChI=1S/C14H15Cl2N/c1-3-4-9(2)13-8-12(16)11-6-5-10(15)7-14(11)17-13/h5-9H,3-4H2,1-2H3. The molecule has 0 amide bonds. The van der Waals surface area contributed by atoms with Crippen LogP contribution >= 0.6 is 23.2 Å². The highest BCUT2D eigenvalue weighted by Crippen LogP contribution is 2.29. The Labute approximate surface area is 112 Å². The van der Waals surface area contributed by atoms with Crippen LogP contribution in [0.5, 0.6) is 0 Å². The van der Waals surface area contributed by atoms with Crippen molar-refractivity contribution >= 4 is 34.1 Å². The number of fused-ring (bicyclic) bond motifs is 1. The van der Waals surface area contributed by atoms with Crippen LogP contribution in [0.3, 0.4) is 0 Å². The van der Waals surface area contributed by atoms with Crippen molar-refractivity contribution in [2.75, 3.05) is 0 Å². The van der Waals surface area contributed by atoms with Gasteiger partial charge in [0.05, 0.1) is 10.5 Å². The van der Waals surface area contributed by atoms with E-state index in [1.54, 1.807) is 0 Å². The number of pyridine rings is 1. The number of rotatable bonds is 3. The highest BCUT2D eigenvalue weighted by atomic mass is 35.5. The van der Waals surface area contributed by atoms with Gasteiger partial charge in [0, 0.05) is 16.1 Å². The molecule has 1 heterocycles. The second-order valence-electron chi connectivity index (χ2n) is 4.38. The van der Waals surface area contributed by atoms with E-state index in [1.165, 1.54) is 0 Å². The van der Waals surface area contributed by atoms with E-state index in [0.29, 0.717) is 10.9 Å². The van der Waals surface area contributed by atoms with Crippen molar-refractivity contribution in [1.29, 1.82) is 0 Å². The number of hydrogen-bond donors (Lipinski definition) is 0. The van der Waals surface area contributed by atoms with Gasteiger partial charge < -0.3 is 0 Å². The number of aromatic nitrogens is 1. The van der Waals surface area contributed by atoms with Crippen LogP contribution in [0.1, 0.15) is 38.3 Å². The molecule has 17 heavy (non-hydrogen) atoms. The minimum Gasteiger partial charge on any atom is -0.252 e. The molecule has 90 valence electrons. The summed E-state index contributed by atoms with van der Waals surface area (Å²) < 4.78 is 0. The van der Waals surface area contributed by atoms with E-state index in [4.69, 9.17) is 23.2 Å². The fourth-order valence-electron chi connectivity index (χ4n) is 2.01. The molecule has 0 saturated carbocycles. The van der Waals surface area contributed by atoms with Crippen LogP contribution in [0.15, 0.2) is 24.3 Å². The van der Waals surface area contributed by atoms with Crippen molar-refractivity contribution in [1.82, 2.24) is 4.98 Å². The minimum atomic E-state index is 0.431. The lowest BCUT2D eigenvalue weighted by molar-refractivity contribution is 0.650. The summed E-state index contributed by atoms with van der Waals surface area (Å²) >= 11 is 12.3. The SMILES string of the molecule is CCCC(C)c1cc(Cl)c2ccc(Cl)cc2n1. The first-order valence-electron chi connectivity index (χ1n) is 5.87. The average Bonchev–Trinajstić information content (AvgIpc) is 2.28. The molecule has 0 radical (unpaired) electrons. The molecular weight excluding hydrogens is 253 g/mol. The third kappa shape index (κ3) is 2.72. The van der Waals surface area contributed by atoms with Crippen molar-refractivity contribution in [3.63, 3.8) is 0 Å². The zero-order valence-electron chi connectivity index (χ0n) is 10.0. The van der Waals surface area contributed by atoms with Crippen LogP contribution in [-0.4, -0.2) is 4.98 Å². The molecule has 1 nitrogen and oxygen atoms in total. The monoisotopic (exact) mass is 267 g/mol. The van der Waals surface area contributed by atoms with Crippen molar-refractivity contribution in [2.45, 2.75) is 32.6 Å². The van der Waals surface area contributed by atoms with Gasteiger partial charge in [-0.3, -0.25) is 4.98 Å². The second-order valence-corrected chi connectivity index (χ2v) is 5.22. The molecule has 0 saturated heterocycles. The molecule has 1 aromatic heterocycles. The topological polar surface area (TPSA) is 12.9 Å². The van der Waals surface area contributed by atoms with Gasteiger partial charge >= 0.3 is 0 Å². The van der Waals surface area contributed by atoms with Crippen LogP contribution in [0.25, 0.3) is 10.9 Å². The lowest BCUT2D eigenvalue weighted by Crippen LogP contribution is -1.97. The van der Waals surface area contributed by atoms with Gasteiger partial charge in [-0.2, -0.15) is 0 Å². The summed E-state index contributed by atoms with van der Waals surface area (Å²) in [5, 5.41) is 2.41. The van der Waals surface area contributed by atoms with E-state index in [0.717, 1.165) is 34.5 Å². The Hall–Kier alpha value is -0.790. The van der Waals surface area contributed by atoms with Gasteiger partial charge in [-0.25, -0.2) is 0 Å². The summed E-state index contributed by atoms with van der Waals surface area (Å²) in [6.45, 7) is 4.36. The molecule has 0 fully saturated rings. The number of halogens is 2. The van der Waals surface area contributed by atoms with Crippen molar-refractivity contribution in [2.24, 2.45) is 0 Å². The Kier molecular flexibility index (Phi) is 3.90. The molecule has 3 heteroatoms. The zero-order chi connectivity index (χ0) is 12.4. The van der Waals surface area contributed by atoms with Gasteiger partial charge in [0.1, 0.15) is 0 Å². The quantitative estimate of drug-likeness (QED) is 0.721. The molecule has 0 aliphatic rings. The lowest BCUT2D eigenvalue weighted by Gasteiger charge is -2.11. The Balaban J connectivity index is 2.53. The zero-order valence-corrected chi connectivity index (χ0v) is 11.5. The van der Waals surface area contributed by atoms with Gasteiger partial charge in [-0.1, -0.05) is 43.5 Å². The van der Waals surface area contributed by atoms with E-state index < -0.39 is 0 Å². The molecule has 0 aliphatic heterocycles. The highest BCUT2D eigenvalue weighted by Gasteiger charge is 2.10. The molecular formula is C14H15Cl2N. The third-order valence-electron chi connectivity index (χ3n) is 2.97. The van der Waals surface area contributed by atoms with Gasteiger partial charge in [-0.05, 0) is 36.6 Å². The summed E-state index contributed by atoms with van der Waals surface area (Å²) in [5.74, 6) is 0.431. The molecule has 1 aromatic carbocycles. The predicted molar refractivity (Wildman–Crippen MR) is 75.1 cm³/mol. The van der Waals surface area contributed by atoms with Crippen molar-refractivity contribution in [3.8, 4) is 0 Å². The number of nitrogens with zero attached hydrogens (tertiary/aromatic N) is 1. The van der Waals surface area contributed by atoms with E-state index in [-0.39, 0.29) is 0 Å². The highest BCUT2D eigenvalue weighted by molar-refractivity contribution is 6.36. The van der Waals surface area contributed by atoms with Crippen LogP contribution in [0.2, 0.25) is 10.0 Å². The molecule has 1 unspecified atom stereocenters. The molecule has 0 bridgehead atoms. The molecule has 0 spiro atoms. The smallest absolute Gasteiger partial charge is 0.0735 e. The third-order valence-corrected chi connectivity index (χ3v) is 3.52. The summed E-state index contributed by atoms with van der Waals surface area (Å²) in [6, 6.07) is 7.59. The minimum absolute atomic E-state index is 0.431. The Bertz CT molecular complexity index is 537. The van der Waals surface area contributed by atoms with Gasteiger partial charge in [0.15, 0.2) is 0 Å². The van der Waals surface area contributed by atoms with E-state index in [9.17, 15) is 0 Å². The Morgan fingerprint density at radius 3 is 2.71 bits per heavy atom. The molecule has 2 aromatic rings. The van der Waals surface area contributed by atoms with E-state index >= 15 is 0 Å². The molecule has 2 rings (SSSR count). The fourth-order valence-corrected chi connectivity index (χ4v) is 2.45. The summed E-state index contributed by atoms with van der Waals surface area (Å²) in [5.41, 5.74) is 1.93. The van der Waals surface area contributed by atoms with Crippen LogP contribution in [0.4, 0.5) is 0 Å². The number of benzene rings is 1. The summed E-state index contributed by atoms with van der Waals surface area (Å²) in [6.07, 6.45) is 2.27. The van der Waals surface area contributed by atoms with Gasteiger partial charge in [0.25, 0.3) is 0 Å². The van der Waals surface area contributed by atoms with Crippen LogP contribution in [-0.2, 0) is 0 Å². The largest absolute Gasteiger partial charge is 0.252 e. The van der Waals surface area contributed by atoms with E-state index in [1.807, 2.05) is 24.3 Å². The Morgan fingerprint density at radius 1 is 1.24 bits per heavy atom. The van der Waals surface area contributed by atoms with Crippen molar-refractivity contribution in [3.05, 3.63) is 40.0 Å². The maximum atomic E-state index is 6.28. The van der Waals surface area contributed by atoms with Gasteiger partial charge in [-0.15, -0.1) is 0 Å².